The van der Waals surface area contributed by atoms with E-state index in [2.05, 4.69) is 56.7 Å². The van der Waals surface area contributed by atoms with Crippen molar-refractivity contribution in [2.75, 3.05) is 18.0 Å². The molecule has 7 heteroatoms. The lowest BCUT2D eigenvalue weighted by atomic mass is 10.1. The fourth-order valence-corrected chi connectivity index (χ4v) is 3.84. The normalized spacial score (nSPS) is 16.6. The average Bonchev–Trinajstić information content (AvgIpc) is 3.37. The predicted octanol–water partition coefficient (Wildman–Crippen LogP) is 2.74. The van der Waals surface area contributed by atoms with Gasteiger partial charge in [0, 0.05) is 43.1 Å². The zero-order valence-electron chi connectivity index (χ0n) is 16.8. The monoisotopic (exact) mass is 378 g/mol. The lowest BCUT2D eigenvalue weighted by Crippen LogP contribution is -2.37. The molecule has 2 N–H and O–H groups in total. The van der Waals surface area contributed by atoms with E-state index >= 15 is 0 Å². The molecule has 0 saturated carbocycles. The fraction of sp³-hybridized carbons (Fsp3) is 0.381. The van der Waals surface area contributed by atoms with E-state index in [1.807, 2.05) is 25.6 Å². The van der Waals surface area contributed by atoms with Gasteiger partial charge in [0.1, 0.15) is 5.69 Å². The highest BCUT2D eigenvalue weighted by Gasteiger charge is 2.25. The molecule has 7 nitrogen and oxygen atoms in total. The Balaban J connectivity index is 1.42. The van der Waals surface area contributed by atoms with Crippen molar-refractivity contribution < 1.29 is 4.79 Å². The van der Waals surface area contributed by atoms with Gasteiger partial charge in [-0.2, -0.15) is 10.2 Å². The van der Waals surface area contributed by atoms with Gasteiger partial charge in [-0.25, -0.2) is 0 Å². The second-order valence-electron chi connectivity index (χ2n) is 7.58. The van der Waals surface area contributed by atoms with E-state index in [9.17, 15) is 4.79 Å². The van der Waals surface area contributed by atoms with Crippen LogP contribution in [-0.2, 0) is 7.05 Å². The molecule has 1 unspecified atom stereocenters. The smallest absolute Gasteiger partial charge is 0.269 e. The number of hydrogen-bond acceptors (Lipinski definition) is 4. The largest absolute Gasteiger partial charge is 0.369 e. The Kier molecular flexibility index (Phi) is 4.66. The molecule has 1 aliphatic rings. The molecule has 0 spiro atoms. The van der Waals surface area contributed by atoms with Crippen molar-refractivity contribution in [1.82, 2.24) is 25.3 Å². The molecule has 1 amide bonds. The maximum atomic E-state index is 12.7. The highest BCUT2D eigenvalue weighted by molar-refractivity contribution is 5.93. The van der Waals surface area contributed by atoms with Gasteiger partial charge in [-0.3, -0.25) is 14.6 Å². The van der Waals surface area contributed by atoms with Crippen LogP contribution in [0.25, 0.3) is 11.3 Å². The molecule has 3 heterocycles. The lowest BCUT2D eigenvalue weighted by Gasteiger charge is -2.19. The quantitative estimate of drug-likeness (QED) is 0.732. The van der Waals surface area contributed by atoms with Gasteiger partial charge in [0.05, 0.1) is 11.4 Å². The van der Waals surface area contributed by atoms with Gasteiger partial charge in [0.2, 0.25) is 0 Å². The number of benzene rings is 1. The summed E-state index contributed by atoms with van der Waals surface area (Å²) in [6.45, 7) is 7.80. The van der Waals surface area contributed by atoms with Gasteiger partial charge in [0.25, 0.3) is 5.91 Å². The van der Waals surface area contributed by atoms with E-state index in [0.717, 1.165) is 42.2 Å². The molecular formula is C21H26N6O. The third kappa shape index (κ3) is 3.40. The first-order valence-corrected chi connectivity index (χ1v) is 9.61. The van der Waals surface area contributed by atoms with E-state index < -0.39 is 0 Å². The van der Waals surface area contributed by atoms with E-state index in [0.29, 0.717) is 5.69 Å². The number of aryl methyl sites for hydroxylation is 3. The second kappa shape index (κ2) is 7.14. The molecule has 1 aromatic carbocycles. The predicted molar refractivity (Wildman–Crippen MR) is 110 cm³/mol. The molecule has 1 saturated heterocycles. The standard InChI is InChI=1S/C21H26N6O/c1-13-5-7-17(8-6-13)27-10-9-16(12-27)22-21(28)19-11-18(23-24-19)20-14(2)25-26(4)15(20)3/h5-8,11,16H,9-10,12H2,1-4H3,(H,22,28)(H,23,24). The lowest BCUT2D eigenvalue weighted by molar-refractivity contribution is 0.0935. The number of carbonyl (C=O) groups is 1. The number of aromatic nitrogens is 4. The van der Waals surface area contributed by atoms with Gasteiger partial charge in [0.15, 0.2) is 0 Å². The minimum Gasteiger partial charge on any atom is -0.369 e. The second-order valence-corrected chi connectivity index (χ2v) is 7.58. The van der Waals surface area contributed by atoms with Crippen molar-refractivity contribution >= 4 is 11.6 Å². The summed E-state index contributed by atoms with van der Waals surface area (Å²) in [4.78, 5) is 15.0. The van der Waals surface area contributed by atoms with Crippen LogP contribution >= 0.6 is 0 Å². The van der Waals surface area contributed by atoms with Crippen LogP contribution < -0.4 is 10.2 Å². The van der Waals surface area contributed by atoms with Gasteiger partial charge in [-0.05, 0) is 45.4 Å². The van der Waals surface area contributed by atoms with Crippen molar-refractivity contribution in [1.29, 1.82) is 0 Å². The van der Waals surface area contributed by atoms with Crippen molar-refractivity contribution in [3.05, 3.63) is 53.0 Å². The van der Waals surface area contributed by atoms with Crippen LogP contribution in [0.2, 0.25) is 0 Å². The van der Waals surface area contributed by atoms with Crippen LogP contribution in [0.3, 0.4) is 0 Å². The Bertz CT molecular complexity index is 1000. The fourth-order valence-electron chi connectivity index (χ4n) is 3.84. The number of hydrogen-bond donors (Lipinski definition) is 2. The molecule has 1 atom stereocenters. The minimum absolute atomic E-state index is 0.117. The molecule has 28 heavy (non-hydrogen) atoms. The summed E-state index contributed by atoms with van der Waals surface area (Å²) in [7, 11) is 1.91. The molecule has 0 bridgehead atoms. The number of nitrogens with one attached hydrogen (secondary N) is 2. The van der Waals surface area contributed by atoms with Crippen molar-refractivity contribution in [2.45, 2.75) is 33.2 Å². The summed E-state index contributed by atoms with van der Waals surface area (Å²) in [5.41, 5.74) is 6.59. The van der Waals surface area contributed by atoms with Crippen LogP contribution in [0.15, 0.2) is 30.3 Å². The van der Waals surface area contributed by atoms with Gasteiger partial charge in [-0.1, -0.05) is 17.7 Å². The highest BCUT2D eigenvalue weighted by atomic mass is 16.2. The Hall–Kier alpha value is -3.09. The van der Waals surface area contributed by atoms with Crippen molar-refractivity contribution in [3.8, 4) is 11.3 Å². The summed E-state index contributed by atoms with van der Waals surface area (Å²) in [5.74, 6) is -0.117. The van der Waals surface area contributed by atoms with Crippen LogP contribution in [-0.4, -0.2) is 45.0 Å². The van der Waals surface area contributed by atoms with Crippen molar-refractivity contribution in [3.63, 3.8) is 0 Å². The molecule has 1 fully saturated rings. The van der Waals surface area contributed by atoms with Crippen molar-refractivity contribution in [2.24, 2.45) is 7.05 Å². The maximum absolute atomic E-state index is 12.7. The minimum atomic E-state index is -0.117. The van der Waals surface area contributed by atoms with E-state index in [4.69, 9.17) is 0 Å². The van der Waals surface area contributed by atoms with Crippen LogP contribution in [0.4, 0.5) is 5.69 Å². The summed E-state index contributed by atoms with van der Waals surface area (Å²) in [6.07, 6.45) is 0.932. The Labute approximate surface area is 164 Å². The highest BCUT2D eigenvalue weighted by Crippen LogP contribution is 2.25. The molecule has 1 aliphatic heterocycles. The first-order chi connectivity index (χ1) is 13.4. The number of H-pyrrole nitrogens is 1. The SMILES string of the molecule is Cc1ccc(N2CCC(NC(=O)c3cc(-c4c(C)nn(C)c4C)n[nH]3)C2)cc1. The van der Waals surface area contributed by atoms with E-state index in [1.54, 1.807) is 6.07 Å². The summed E-state index contributed by atoms with van der Waals surface area (Å²) in [5, 5.41) is 14.8. The zero-order chi connectivity index (χ0) is 19.8. The van der Waals surface area contributed by atoms with E-state index in [1.165, 1.54) is 11.3 Å². The van der Waals surface area contributed by atoms with Gasteiger partial charge >= 0.3 is 0 Å². The topological polar surface area (TPSA) is 78.8 Å². The number of nitrogens with zero attached hydrogens (tertiary/aromatic N) is 4. The Morgan fingerprint density at radius 3 is 2.64 bits per heavy atom. The third-order valence-electron chi connectivity index (χ3n) is 5.51. The summed E-state index contributed by atoms with van der Waals surface area (Å²) >= 11 is 0. The summed E-state index contributed by atoms with van der Waals surface area (Å²) in [6, 6.07) is 10.4. The van der Waals surface area contributed by atoms with Gasteiger partial charge < -0.3 is 10.2 Å². The first kappa shape index (κ1) is 18.3. The first-order valence-electron chi connectivity index (χ1n) is 9.61. The number of anilines is 1. The van der Waals surface area contributed by atoms with Crippen LogP contribution in [0.1, 0.15) is 33.9 Å². The van der Waals surface area contributed by atoms with Crippen LogP contribution in [0.5, 0.6) is 0 Å². The molecule has 3 aromatic rings. The maximum Gasteiger partial charge on any atom is 0.269 e. The third-order valence-corrected chi connectivity index (χ3v) is 5.51. The van der Waals surface area contributed by atoms with Gasteiger partial charge in [-0.15, -0.1) is 0 Å². The number of aromatic amines is 1. The number of amides is 1. The Morgan fingerprint density at radius 1 is 1.21 bits per heavy atom. The number of rotatable bonds is 4. The molecular weight excluding hydrogens is 352 g/mol. The molecule has 0 radical (unpaired) electrons. The average molecular weight is 378 g/mol. The summed E-state index contributed by atoms with van der Waals surface area (Å²) < 4.78 is 1.83. The van der Waals surface area contributed by atoms with Crippen LogP contribution in [0, 0.1) is 20.8 Å². The molecule has 2 aromatic heterocycles. The van der Waals surface area contributed by atoms with E-state index in [-0.39, 0.29) is 11.9 Å². The zero-order valence-corrected chi connectivity index (χ0v) is 16.8. The number of carbonyl (C=O) groups excluding carboxylic acids is 1. The Morgan fingerprint density at radius 2 is 1.96 bits per heavy atom. The molecule has 4 rings (SSSR count). The molecule has 146 valence electrons. The molecule has 0 aliphatic carbocycles.